The predicted molar refractivity (Wildman–Crippen MR) is 226 cm³/mol. The molecule has 0 bridgehead atoms. The molecule has 0 atom stereocenters. The Labute approximate surface area is 325 Å². The van der Waals surface area contributed by atoms with Crippen molar-refractivity contribution in [2.45, 2.75) is 169 Å². The Morgan fingerprint density at radius 1 is 0.407 bits per heavy atom. The van der Waals surface area contributed by atoms with Crippen LogP contribution in [0.5, 0.6) is 11.5 Å². The number of oxazole rings is 2. The van der Waals surface area contributed by atoms with Crippen molar-refractivity contribution in [3.63, 3.8) is 0 Å². The minimum absolute atomic E-state index is 0.694. The van der Waals surface area contributed by atoms with Crippen molar-refractivity contribution < 1.29 is 18.3 Å². The van der Waals surface area contributed by atoms with Crippen molar-refractivity contribution in [2.75, 3.05) is 13.2 Å². The van der Waals surface area contributed by atoms with Crippen LogP contribution >= 0.6 is 0 Å². The summed E-state index contributed by atoms with van der Waals surface area (Å²) in [5, 5.41) is 0. The van der Waals surface area contributed by atoms with Gasteiger partial charge >= 0.3 is 0 Å². The maximum Gasteiger partial charge on any atom is 0.195 e. The minimum atomic E-state index is 0.694. The van der Waals surface area contributed by atoms with Crippen molar-refractivity contribution in [3.05, 3.63) is 60.3 Å². The van der Waals surface area contributed by atoms with E-state index >= 15 is 0 Å². The lowest BCUT2D eigenvalue weighted by molar-refractivity contribution is 0.304. The molecule has 294 valence electrons. The zero-order valence-electron chi connectivity index (χ0n) is 34.1. The van der Waals surface area contributed by atoms with E-state index in [0.717, 1.165) is 82.0 Å². The van der Waals surface area contributed by atoms with E-state index in [1.54, 1.807) is 0 Å². The van der Waals surface area contributed by atoms with Crippen molar-refractivity contribution >= 4 is 22.2 Å². The molecule has 0 spiro atoms. The number of ether oxygens (including phenoxy) is 2. The molecule has 5 aromatic rings. The van der Waals surface area contributed by atoms with Crippen LogP contribution in [0.3, 0.4) is 0 Å². The number of benzene rings is 3. The molecule has 2 aromatic heterocycles. The number of hydrogen-bond acceptors (Lipinski definition) is 6. The lowest BCUT2D eigenvalue weighted by Crippen LogP contribution is -1.97. The van der Waals surface area contributed by atoms with Gasteiger partial charge in [-0.3, -0.25) is 0 Å². The Kier molecular flexibility index (Phi) is 17.8. The Morgan fingerprint density at radius 2 is 0.722 bits per heavy atom. The molecule has 5 rings (SSSR count). The van der Waals surface area contributed by atoms with E-state index in [2.05, 4.69) is 76.2 Å². The van der Waals surface area contributed by atoms with Gasteiger partial charge in [0.05, 0.1) is 24.3 Å². The highest BCUT2D eigenvalue weighted by Crippen LogP contribution is 2.44. The van der Waals surface area contributed by atoms with Crippen LogP contribution in [-0.2, 0) is 12.8 Å². The molecule has 54 heavy (non-hydrogen) atoms. The lowest BCUT2D eigenvalue weighted by atomic mass is 9.96. The van der Waals surface area contributed by atoms with Gasteiger partial charge in [0, 0.05) is 12.8 Å². The number of nitrogens with zero attached hydrogens (tertiary/aromatic N) is 2. The molecule has 0 amide bonds. The van der Waals surface area contributed by atoms with Crippen LogP contribution in [0.25, 0.3) is 44.5 Å². The van der Waals surface area contributed by atoms with Crippen LogP contribution in [-0.4, -0.2) is 23.2 Å². The Morgan fingerprint density at radius 3 is 1.04 bits per heavy atom. The quantitative estimate of drug-likeness (QED) is 0.0476. The highest BCUT2D eigenvalue weighted by Gasteiger charge is 2.26. The zero-order valence-corrected chi connectivity index (χ0v) is 34.1. The summed E-state index contributed by atoms with van der Waals surface area (Å²) in [5.41, 5.74) is 6.92. The van der Waals surface area contributed by atoms with Gasteiger partial charge in [0.1, 0.15) is 22.5 Å². The van der Waals surface area contributed by atoms with Crippen LogP contribution in [0.1, 0.15) is 168 Å². The fourth-order valence-corrected chi connectivity index (χ4v) is 7.45. The van der Waals surface area contributed by atoms with Gasteiger partial charge in [0.2, 0.25) is 0 Å². The van der Waals surface area contributed by atoms with E-state index < -0.39 is 0 Å². The SMILES string of the molecule is CCCCCCCCCCCCOc1ccc(-c2c3nc(CC)oc3c(-c3ccc(OCCCCCCCCCCCC)cc3)c3nc(CC)oc23)cc1. The van der Waals surface area contributed by atoms with Crippen molar-refractivity contribution in [1.82, 2.24) is 9.97 Å². The molecule has 0 N–H and O–H groups in total. The molecular formula is C48H68N2O4. The van der Waals surface area contributed by atoms with Crippen molar-refractivity contribution in [3.8, 4) is 33.8 Å². The third kappa shape index (κ3) is 12.1. The third-order valence-corrected chi connectivity index (χ3v) is 10.7. The average molecular weight is 737 g/mol. The number of aromatic nitrogens is 2. The number of hydrogen-bond donors (Lipinski definition) is 0. The summed E-state index contributed by atoms with van der Waals surface area (Å²) in [7, 11) is 0. The predicted octanol–water partition coefficient (Wildman–Crippen LogP) is 15.0. The highest BCUT2D eigenvalue weighted by molar-refractivity contribution is 6.15. The molecule has 6 heteroatoms. The van der Waals surface area contributed by atoms with Gasteiger partial charge in [0.15, 0.2) is 22.9 Å². The van der Waals surface area contributed by atoms with Crippen molar-refractivity contribution in [2.24, 2.45) is 0 Å². The Hall–Kier alpha value is -3.80. The molecule has 0 unspecified atom stereocenters. The summed E-state index contributed by atoms with van der Waals surface area (Å²) < 4.78 is 25.3. The van der Waals surface area contributed by atoms with E-state index in [0.29, 0.717) is 24.6 Å². The molecule has 0 radical (unpaired) electrons. The Balaban J connectivity index is 1.22. The second-order valence-electron chi connectivity index (χ2n) is 15.1. The van der Waals surface area contributed by atoms with Gasteiger partial charge in [-0.05, 0) is 48.2 Å². The normalized spacial score (nSPS) is 11.6. The van der Waals surface area contributed by atoms with E-state index in [-0.39, 0.29) is 0 Å². The monoisotopic (exact) mass is 737 g/mol. The summed E-state index contributed by atoms with van der Waals surface area (Å²) in [6.45, 7) is 10.2. The molecular weight excluding hydrogens is 669 g/mol. The van der Waals surface area contributed by atoms with Crippen LogP contribution in [0, 0.1) is 0 Å². The maximum atomic E-state index is 6.49. The first-order valence-corrected chi connectivity index (χ1v) is 21.9. The molecule has 0 fully saturated rings. The third-order valence-electron chi connectivity index (χ3n) is 10.7. The first-order chi connectivity index (χ1) is 26.7. The molecule has 0 saturated heterocycles. The van der Waals surface area contributed by atoms with Crippen LogP contribution < -0.4 is 9.47 Å². The van der Waals surface area contributed by atoms with Crippen molar-refractivity contribution in [1.29, 1.82) is 0 Å². The lowest BCUT2D eigenvalue weighted by Gasteiger charge is -2.11. The van der Waals surface area contributed by atoms with E-state index in [1.165, 1.54) is 116 Å². The number of fused-ring (bicyclic) bond motifs is 2. The number of aryl methyl sites for hydroxylation is 2. The smallest absolute Gasteiger partial charge is 0.195 e. The fraction of sp³-hybridized carbons (Fsp3) is 0.583. The summed E-state index contributed by atoms with van der Waals surface area (Å²) in [5.74, 6) is 3.17. The van der Waals surface area contributed by atoms with E-state index in [4.69, 9.17) is 28.3 Å². The first-order valence-electron chi connectivity index (χ1n) is 21.9. The molecule has 0 aliphatic rings. The molecule has 0 aliphatic heterocycles. The molecule has 0 saturated carbocycles. The summed E-state index contributed by atoms with van der Waals surface area (Å²) in [6, 6.07) is 16.7. The fourth-order valence-electron chi connectivity index (χ4n) is 7.45. The summed E-state index contributed by atoms with van der Waals surface area (Å²) in [6.07, 6.45) is 27.7. The van der Waals surface area contributed by atoms with Gasteiger partial charge in [-0.2, -0.15) is 0 Å². The van der Waals surface area contributed by atoms with Gasteiger partial charge < -0.3 is 18.3 Å². The van der Waals surface area contributed by atoms with Gasteiger partial charge in [-0.1, -0.05) is 168 Å². The van der Waals surface area contributed by atoms with E-state index in [1.807, 2.05) is 0 Å². The molecule has 3 aromatic carbocycles. The first kappa shape index (κ1) is 41.4. The topological polar surface area (TPSA) is 70.5 Å². The largest absolute Gasteiger partial charge is 0.494 e. The summed E-state index contributed by atoms with van der Waals surface area (Å²) >= 11 is 0. The van der Waals surface area contributed by atoms with Gasteiger partial charge in [-0.15, -0.1) is 0 Å². The Bertz CT molecular complexity index is 1580. The second kappa shape index (κ2) is 23.2. The minimum Gasteiger partial charge on any atom is -0.494 e. The van der Waals surface area contributed by atoms with Gasteiger partial charge in [-0.25, -0.2) is 9.97 Å². The molecule has 6 nitrogen and oxygen atoms in total. The molecule has 0 aliphatic carbocycles. The summed E-state index contributed by atoms with van der Waals surface area (Å²) in [4.78, 5) is 10.0. The molecule has 2 heterocycles. The number of unbranched alkanes of at least 4 members (excludes halogenated alkanes) is 18. The maximum absolute atomic E-state index is 6.49. The van der Waals surface area contributed by atoms with Gasteiger partial charge in [0.25, 0.3) is 0 Å². The standard InChI is InChI=1S/C48H68N2O4/c1-5-9-11-13-15-17-19-21-23-25-35-51-39-31-27-37(28-32-39)43-45-48(54-41(7-3)49-45)44(46-47(43)53-42(8-4)50-46)38-29-33-40(34-30-38)52-36-26-24-22-20-18-16-14-12-10-6-2/h27-34H,5-26,35-36H2,1-4H3. The number of rotatable bonds is 28. The zero-order chi connectivity index (χ0) is 37.8. The van der Waals surface area contributed by atoms with Crippen LogP contribution in [0.4, 0.5) is 0 Å². The van der Waals surface area contributed by atoms with Crippen LogP contribution in [0.15, 0.2) is 57.4 Å². The highest BCUT2D eigenvalue weighted by atomic mass is 16.5. The average Bonchev–Trinajstić information content (AvgIpc) is 3.83. The van der Waals surface area contributed by atoms with Crippen LogP contribution in [0.2, 0.25) is 0 Å². The van der Waals surface area contributed by atoms with E-state index in [9.17, 15) is 0 Å². The second-order valence-corrected chi connectivity index (χ2v) is 15.1.